The van der Waals surface area contributed by atoms with Gasteiger partial charge in [-0.15, -0.1) is 0 Å². The molecule has 0 aliphatic rings. The Bertz CT molecular complexity index is 592. The average molecular weight is 289 g/mol. The van der Waals surface area contributed by atoms with E-state index < -0.39 is 0 Å². The zero-order valence-corrected chi connectivity index (χ0v) is 12.7. The lowest BCUT2D eigenvalue weighted by molar-refractivity contribution is -0.121. The van der Waals surface area contributed by atoms with Crippen molar-refractivity contribution in [3.63, 3.8) is 0 Å². The number of fused-ring (bicyclic) bond motifs is 1. The number of aromatic nitrogens is 1. The van der Waals surface area contributed by atoms with Crippen molar-refractivity contribution >= 4 is 16.8 Å². The Morgan fingerprint density at radius 3 is 2.90 bits per heavy atom. The molecule has 0 bridgehead atoms. The van der Waals surface area contributed by atoms with Crippen LogP contribution >= 0.6 is 0 Å². The summed E-state index contributed by atoms with van der Waals surface area (Å²) < 4.78 is 7.02. The monoisotopic (exact) mass is 289 g/mol. The second-order valence-corrected chi connectivity index (χ2v) is 5.05. The zero-order valence-electron chi connectivity index (χ0n) is 12.7. The van der Waals surface area contributed by atoms with Crippen LogP contribution in [0, 0.1) is 0 Å². The molecule has 0 aliphatic heterocycles. The number of hydrogen-bond acceptors (Lipinski definition) is 3. The first-order chi connectivity index (χ1) is 10.2. The molecule has 1 aromatic heterocycles. The molecule has 5 heteroatoms. The van der Waals surface area contributed by atoms with Gasteiger partial charge in [-0.1, -0.05) is 18.2 Å². The van der Waals surface area contributed by atoms with Crippen LogP contribution in [0.1, 0.15) is 12.0 Å². The topological polar surface area (TPSA) is 55.3 Å². The van der Waals surface area contributed by atoms with Crippen molar-refractivity contribution in [3.05, 3.63) is 36.0 Å². The van der Waals surface area contributed by atoms with E-state index in [4.69, 9.17) is 4.74 Å². The van der Waals surface area contributed by atoms with Crippen LogP contribution in [0.15, 0.2) is 30.5 Å². The number of amides is 1. The summed E-state index contributed by atoms with van der Waals surface area (Å²) in [5, 5.41) is 7.39. The maximum atomic E-state index is 11.5. The minimum atomic E-state index is 0.0532. The molecular formula is C16H23N3O2. The molecule has 2 rings (SSSR count). The predicted octanol–water partition coefficient (Wildman–Crippen LogP) is 1.42. The number of methoxy groups -OCH3 is 1. The molecule has 0 radical (unpaired) electrons. The maximum Gasteiger partial charge on any atom is 0.221 e. The van der Waals surface area contributed by atoms with Gasteiger partial charge in [-0.05, 0) is 11.6 Å². The van der Waals surface area contributed by atoms with Crippen molar-refractivity contribution in [2.24, 2.45) is 7.05 Å². The van der Waals surface area contributed by atoms with Gasteiger partial charge in [0, 0.05) is 57.3 Å². The second kappa shape index (κ2) is 7.81. The standard InChI is InChI=1S/C16H23N3O2/c1-19-12-13(14-5-3-4-6-15(14)19)11-17-8-7-16(20)18-9-10-21-2/h3-6,12,17H,7-11H2,1-2H3,(H,18,20). The minimum Gasteiger partial charge on any atom is -0.383 e. The maximum absolute atomic E-state index is 11.5. The van der Waals surface area contributed by atoms with E-state index >= 15 is 0 Å². The van der Waals surface area contributed by atoms with Crippen molar-refractivity contribution in [1.82, 2.24) is 15.2 Å². The van der Waals surface area contributed by atoms with E-state index in [2.05, 4.69) is 46.6 Å². The van der Waals surface area contributed by atoms with Crippen molar-refractivity contribution in [2.75, 3.05) is 26.8 Å². The summed E-state index contributed by atoms with van der Waals surface area (Å²) in [6.07, 6.45) is 2.62. The van der Waals surface area contributed by atoms with Gasteiger partial charge in [0.1, 0.15) is 0 Å². The van der Waals surface area contributed by atoms with Crippen LogP contribution in [0.5, 0.6) is 0 Å². The largest absolute Gasteiger partial charge is 0.383 e. The van der Waals surface area contributed by atoms with E-state index in [0.29, 0.717) is 26.1 Å². The molecule has 0 aliphatic carbocycles. The van der Waals surface area contributed by atoms with Crippen LogP contribution < -0.4 is 10.6 Å². The fourth-order valence-corrected chi connectivity index (χ4v) is 2.37. The van der Waals surface area contributed by atoms with E-state index in [0.717, 1.165) is 6.54 Å². The quantitative estimate of drug-likeness (QED) is 0.723. The lowest BCUT2D eigenvalue weighted by Gasteiger charge is -2.05. The lowest BCUT2D eigenvalue weighted by Crippen LogP contribution is -2.29. The Morgan fingerprint density at radius 1 is 1.29 bits per heavy atom. The first-order valence-corrected chi connectivity index (χ1v) is 7.21. The second-order valence-electron chi connectivity index (χ2n) is 5.05. The summed E-state index contributed by atoms with van der Waals surface area (Å²) in [6.45, 7) is 2.56. The summed E-state index contributed by atoms with van der Waals surface area (Å²) in [6, 6.07) is 8.34. The van der Waals surface area contributed by atoms with Crippen LogP contribution in [0.25, 0.3) is 10.9 Å². The Hall–Kier alpha value is -1.85. The fourth-order valence-electron chi connectivity index (χ4n) is 2.37. The molecule has 1 amide bonds. The summed E-state index contributed by atoms with van der Waals surface area (Å²) >= 11 is 0. The highest BCUT2D eigenvalue weighted by Gasteiger charge is 2.05. The molecule has 5 nitrogen and oxygen atoms in total. The van der Waals surface area contributed by atoms with E-state index in [-0.39, 0.29) is 5.91 Å². The predicted molar refractivity (Wildman–Crippen MR) is 84.1 cm³/mol. The first-order valence-electron chi connectivity index (χ1n) is 7.21. The highest BCUT2D eigenvalue weighted by Crippen LogP contribution is 2.19. The van der Waals surface area contributed by atoms with Gasteiger partial charge in [-0.25, -0.2) is 0 Å². The number of rotatable bonds is 8. The van der Waals surface area contributed by atoms with Crippen LogP contribution in [0.4, 0.5) is 0 Å². The number of carbonyl (C=O) groups is 1. The Morgan fingerprint density at radius 2 is 2.10 bits per heavy atom. The highest BCUT2D eigenvalue weighted by atomic mass is 16.5. The minimum absolute atomic E-state index is 0.0532. The molecule has 0 atom stereocenters. The molecule has 0 spiro atoms. The van der Waals surface area contributed by atoms with Gasteiger partial charge in [0.2, 0.25) is 5.91 Å². The van der Waals surface area contributed by atoms with Crippen molar-refractivity contribution in [1.29, 1.82) is 0 Å². The van der Waals surface area contributed by atoms with Crippen LogP contribution in [0.3, 0.4) is 0 Å². The Balaban J connectivity index is 1.77. The molecule has 1 aromatic carbocycles. The van der Waals surface area contributed by atoms with E-state index in [1.165, 1.54) is 16.5 Å². The van der Waals surface area contributed by atoms with Crippen LogP contribution in [-0.4, -0.2) is 37.3 Å². The number of nitrogens with zero attached hydrogens (tertiary/aromatic N) is 1. The number of para-hydroxylation sites is 1. The van der Waals surface area contributed by atoms with E-state index in [1.807, 2.05) is 6.07 Å². The lowest BCUT2D eigenvalue weighted by atomic mass is 10.2. The summed E-state index contributed by atoms with van der Waals surface area (Å²) in [5.74, 6) is 0.0532. The van der Waals surface area contributed by atoms with Crippen molar-refractivity contribution in [2.45, 2.75) is 13.0 Å². The molecule has 2 aromatic rings. The van der Waals surface area contributed by atoms with E-state index in [9.17, 15) is 4.79 Å². The fraction of sp³-hybridized carbons (Fsp3) is 0.438. The molecule has 0 saturated carbocycles. The number of ether oxygens (including phenoxy) is 1. The normalized spacial score (nSPS) is 11.0. The highest BCUT2D eigenvalue weighted by molar-refractivity contribution is 5.83. The van der Waals surface area contributed by atoms with E-state index in [1.54, 1.807) is 7.11 Å². The third kappa shape index (κ3) is 4.31. The number of carbonyl (C=O) groups excluding carboxylic acids is 1. The summed E-state index contributed by atoms with van der Waals surface area (Å²) in [7, 11) is 3.67. The summed E-state index contributed by atoms with van der Waals surface area (Å²) in [5.41, 5.74) is 2.49. The SMILES string of the molecule is COCCNC(=O)CCNCc1cn(C)c2ccccc12. The number of hydrogen-bond donors (Lipinski definition) is 2. The Kier molecular flexibility index (Phi) is 5.78. The van der Waals surface area contributed by atoms with Crippen LogP contribution in [-0.2, 0) is 23.1 Å². The molecule has 114 valence electrons. The van der Waals surface area contributed by atoms with Crippen molar-refractivity contribution < 1.29 is 9.53 Å². The molecular weight excluding hydrogens is 266 g/mol. The Labute approximate surface area is 125 Å². The molecule has 1 heterocycles. The molecule has 0 unspecified atom stereocenters. The molecule has 2 N–H and O–H groups in total. The first kappa shape index (κ1) is 15.5. The smallest absolute Gasteiger partial charge is 0.221 e. The van der Waals surface area contributed by atoms with Gasteiger partial charge in [0.05, 0.1) is 6.61 Å². The van der Waals surface area contributed by atoms with Gasteiger partial charge in [0.25, 0.3) is 0 Å². The zero-order chi connectivity index (χ0) is 15.1. The third-order valence-electron chi connectivity index (χ3n) is 3.45. The van der Waals surface area contributed by atoms with Gasteiger partial charge in [-0.3, -0.25) is 4.79 Å². The number of benzene rings is 1. The van der Waals surface area contributed by atoms with Gasteiger partial charge >= 0.3 is 0 Å². The van der Waals surface area contributed by atoms with Gasteiger partial charge in [0.15, 0.2) is 0 Å². The van der Waals surface area contributed by atoms with Gasteiger partial charge in [-0.2, -0.15) is 0 Å². The molecule has 0 fully saturated rings. The number of nitrogens with one attached hydrogen (secondary N) is 2. The van der Waals surface area contributed by atoms with Crippen molar-refractivity contribution in [3.8, 4) is 0 Å². The number of aryl methyl sites for hydroxylation is 1. The van der Waals surface area contributed by atoms with Crippen LogP contribution in [0.2, 0.25) is 0 Å². The third-order valence-corrected chi connectivity index (χ3v) is 3.45. The average Bonchev–Trinajstić information content (AvgIpc) is 2.81. The van der Waals surface area contributed by atoms with Gasteiger partial charge < -0.3 is 19.9 Å². The molecule has 0 saturated heterocycles. The summed E-state index contributed by atoms with van der Waals surface area (Å²) in [4.78, 5) is 11.5. The molecule has 21 heavy (non-hydrogen) atoms.